The Morgan fingerprint density at radius 3 is 2.65 bits per heavy atom. The fraction of sp³-hybridized carbons (Fsp3) is 0.667. The van der Waals surface area contributed by atoms with E-state index >= 15 is 0 Å². The van der Waals surface area contributed by atoms with Gasteiger partial charge in [-0.1, -0.05) is 39.8 Å². The van der Waals surface area contributed by atoms with Gasteiger partial charge in [-0.3, -0.25) is 0 Å². The van der Waals surface area contributed by atoms with Crippen molar-refractivity contribution < 1.29 is 4.74 Å². The number of benzene rings is 1. The van der Waals surface area contributed by atoms with Gasteiger partial charge in [-0.05, 0) is 36.5 Å². The third-order valence-electron chi connectivity index (χ3n) is 5.51. The van der Waals surface area contributed by atoms with Crippen molar-refractivity contribution in [1.82, 2.24) is 0 Å². The van der Waals surface area contributed by atoms with E-state index in [0.29, 0.717) is 24.0 Å². The molecule has 2 aliphatic rings. The Bertz CT molecular complexity index is 465. The highest BCUT2D eigenvalue weighted by Crippen LogP contribution is 2.53. The zero-order chi connectivity index (χ0) is 14.3. The minimum absolute atomic E-state index is 0.247. The van der Waals surface area contributed by atoms with E-state index in [9.17, 15) is 0 Å². The predicted molar refractivity (Wildman–Crippen MR) is 84.2 cm³/mol. The van der Waals surface area contributed by atoms with Crippen LogP contribution in [0.1, 0.15) is 52.0 Å². The molecule has 2 heteroatoms. The van der Waals surface area contributed by atoms with Crippen LogP contribution in [0.3, 0.4) is 0 Å². The molecular weight excluding hydrogens is 246 g/mol. The smallest absolute Gasteiger partial charge is 0.0694 e. The quantitative estimate of drug-likeness (QED) is 0.876. The Kier molecular flexibility index (Phi) is 3.53. The van der Waals surface area contributed by atoms with Crippen molar-refractivity contribution in [3.63, 3.8) is 0 Å². The molecular formula is C18H27NO. The van der Waals surface area contributed by atoms with Crippen LogP contribution in [0.4, 0.5) is 5.69 Å². The SMILES string of the molecule is CCC(C)c1ccc(NC2C3CCOC3C2(C)C)cc1. The van der Waals surface area contributed by atoms with Gasteiger partial charge in [0.25, 0.3) is 0 Å². The van der Waals surface area contributed by atoms with Crippen LogP contribution in [0.5, 0.6) is 0 Å². The Balaban J connectivity index is 1.69. The molecule has 2 fully saturated rings. The van der Waals surface area contributed by atoms with E-state index in [4.69, 9.17) is 4.74 Å². The highest BCUT2D eigenvalue weighted by molar-refractivity contribution is 5.47. The number of ether oxygens (including phenoxy) is 1. The number of anilines is 1. The first-order valence-electron chi connectivity index (χ1n) is 8.02. The molecule has 1 heterocycles. The maximum absolute atomic E-state index is 5.86. The fourth-order valence-corrected chi connectivity index (χ4v) is 3.94. The van der Waals surface area contributed by atoms with Crippen molar-refractivity contribution in [2.24, 2.45) is 11.3 Å². The third kappa shape index (κ3) is 2.14. The van der Waals surface area contributed by atoms with Gasteiger partial charge in [0.05, 0.1) is 6.10 Å². The van der Waals surface area contributed by atoms with Crippen LogP contribution < -0.4 is 5.32 Å². The van der Waals surface area contributed by atoms with Gasteiger partial charge in [-0.25, -0.2) is 0 Å². The van der Waals surface area contributed by atoms with E-state index in [1.807, 2.05) is 0 Å². The van der Waals surface area contributed by atoms with Crippen LogP contribution in [0.15, 0.2) is 24.3 Å². The molecule has 1 aromatic rings. The summed E-state index contributed by atoms with van der Waals surface area (Å²) in [5, 5.41) is 3.74. The minimum atomic E-state index is 0.247. The van der Waals surface area contributed by atoms with E-state index in [0.717, 1.165) is 6.61 Å². The van der Waals surface area contributed by atoms with Crippen molar-refractivity contribution in [1.29, 1.82) is 0 Å². The van der Waals surface area contributed by atoms with E-state index in [2.05, 4.69) is 57.3 Å². The molecule has 1 aliphatic heterocycles. The molecule has 0 spiro atoms. The molecule has 3 rings (SSSR count). The normalized spacial score (nSPS) is 32.3. The molecule has 1 N–H and O–H groups in total. The summed E-state index contributed by atoms with van der Waals surface area (Å²) in [6, 6.07) is 9.56. The summed E-state index contributed by atoms with van der Waals surface area (Å²) in [6.45, 7) is 10.1. The van der Waals surface area contributed by atoms with Gasteiger partial charge in [-0.2, -0.15) is 0 Å². The first kappa shape index (κ1) is 13.9. The van der Waals surface area contributed by atoms with Gasteiger partial charge in [0.1, 0.15) is 0 Å². The molecule has 4 atom stereocenters. The zero-order valence-corrected chi connectivity index (χ0v) is 13.1. The molecule has 0 bridgehead atoms. The molecule has 0 aromatic heterocycles. The zero-order valence-electron chi connectivity index (χ0n) is 13.1. The third-order valence-corrected chi connectivity index (χ3v) is 5.51. The van der Waals surface area contributed by atoms with Crippen molar-refractivity contribution in [2.75, 3.05) is 11.9 Å². The maximum atomic E-state index is 5.86. The number of rotatable bonds is 4. The number of nitrogens with one attached hydrogen (secondary N) is 1. The van der Waals surface area contributed by atoms with Crippen molar-refractivity contribution in [3.05, 3.63) is 29.8 Å². The molecule has 0 amide bonds. The predicted octanol–water partition coefficient (Wildman–Crippen LogP) is 4.43. The van der Waals surface area contributed by atoms with E-state index in [1.165, 1.54) is 24.1 Å². The topological polar surface area (TPSA) is 21.3 Å². The molecule has 1 saturated heterocycles. The van der Waals surface area contributed by atoms with E-state index in [1.54, 1.807) is 0 Å². The summed E-state index contributed by atoms with van der Waals surface area (Å²) >= 11 is 0. The first-order chi connectivity index (χ1) is 9.54. The Morgan fingerprint density at radius 2 is 2.00 bits per heavy atom. The van der Waals surface area contributed by atoms with Crippen LogP contribution in [0, 0.1) is 11.3 Å². The second-order valence-corrected chi connectivity index (χ2v) is 7.12. The van der Waals surface area contributed by atoms with Crippen molar-refractivity contribution in [2.45, 2.75) is 58.6 Å². The van der Waals surface area contributed by atoms with Crippen LogP contribution in [-0.2, 0) is 4.74 Å². The van der Waals surface area contributed by atoms with Gasteiger partial charge in [0.15, 0.2) is 0 Å². The summed E-state index contributed by atoms with van der Waals surface area (Å²) in [5.41, 5.74) is 2.93. The summed E-state index contributed by atoms with van der Waals surface area (Å²) < 4.78 is 5.86. The number of fused-ring (bicyclic) bond motifs is 1. The Morgan fingerprint density at radius 1 is 1.30 bits per heavy atom. The lowest BCUT2D eigenvalue weighted by molar-refractivity contribution is -0.0923. The molecule has 0 radical (unpaired) electrons. The van der Waals surface area contributed by atoms with Gasteiger partial charge in [0.2, 0.25) is 0 Å². The van der Waals surface area contributed by atoms with Crippen LogP contribution in [0.25, 0.3) is 0 Å². The Hall–Kier alpha value is -1.02. The van der Waals surface area contributed by atoms with E-state index < -0.39 is 0 Å². The van der Waals surface area contributed by atoms with Crippen LogP contribution in [-0.4, -0.2) is 18.8 Å². The summed E-state index contributed by atoms with van der Waals surface area (Å²) in [6.07, 6.45) is 2.86. The van der Waals surface area contributed by atoms with Crippen molar-refractivity contribution >= 4 is 5.69 Å². The molecule has 1 saturated carbocycles. The summed E-state index contributed by atoms with van der Waals surface area (Å²) in [5.74, 6) is 1.34. The molecule has 20 heavy (non-hydrogen) atoms. The minimum Gasteiger partial charge on any atom is -0.381 e. The average molecular weight is 273 g/mol. The van der Waals surface area contributed by atoms with Crippen molar-refractivity contribution in [3.8, 4) is 0 Å². The fourth-order valence-electron chi connectivity index (χ4n) is 3.94. The van der Waals surface area contributed by atoms with Crippen LogP contribution in [0.2, 0.25) is 0 Å². The summed E-state index contributed by atoms with van der Waals surface area (Å²) in [4.78, 5) is 0. The lowest BCUT2D eigenvalue weighted by Gasteiger charge is -2.55. The molecule has 2 nitrogen and oxygen atoms in total. The average Bonchev–Trinajstić information content (AvgIpc) is 2.91. The monoisotopic (exact) mass is 273 g/mol. The highest BCUT2D eigenvalue weighted by Gasteiger charge is 2.59. The van der Waals surface area contributed by atoms with Gasteiger partial charge in [-0.15, -0.1) is 0 Å². The van der Waals surface area contributed by atoms with E-state index in [-0.39, 0.29) is 5.41 Å². The standard InChI is InChI=1S/C18H27NO/c1-5-12(2)13-6-8-14(9-7-13)19-16-15-10-11-20-17(15)18(16,3)4/h6-9,12,15-17,19H,5,10-11H2,1-4H3. The lowest BCUT2D eigenvalue weighted by Crippen LogP contribution is -2.63. The number of hydrogen-bond acceptors (Lipinski definition) is 2. The summed E-state index contributed by atoms with van der Waals surface area (Å²) in [7, 11) is 0. The molecule has 110 valence electrons. The van der Waals surface area contributed by atoms with Crippen LogP contribution >= 0.6 is 0 Å². The second-order valence-electron chi connectivity index (χ2n) is 7.12. The largest absolute Gasteiger partial charge is 0.381 e. The first-order valence-corrected chi connectivity index (χ1v) is 8.02. The highest BCUT2D eigenvalue weighted by atomic mass is 16.5. The molecule has 4 unspecified atom stereocenters. The van der Waals surface area contributed by atoms with Gasteiger partial charge in [0, 0.05) is 29.7 Å². The maximum Gasteiger partial charge on any atom is 0.0694 e. The second kappa shape index (κ2) is 5.07. The molecule has 1 aromatic carbocycles. The lowest BCUT2D eigenvalue weighted by atomic mass is 9.57. The molecule has 1 aliphatic carbocycles. The van der Waals surface area contributed by atoms with Gasteiger partial charge >= 0.3 is 0 Å². The van der Waals surface area contributed by atoms with Gasteiger partial charge < -0.3 is 10.1 Å². The number of hydrogen-bond donors (Lipinski definition) is 1. The Labute approximate surface area is 122 Å².